The molecule has 0 spiro atoms. The number of carboxylic acid groups (broad SMARTS) is 4. The zero-order chi connectivity index (χ0) is 53.6. The van der Waals surface area contributed by atoms with Gasteiger partial charge < -0.3 is 47.4 Å². The maximum atomic E-state index is 10.5. The second-order valence-electron chi connectivity index (χ2n) is 21.7. The predicted octanol–water partition coefficient (Wildman–Crippen LogP) is 12.7. The number of nitrogens with two attached hydrogens (primary N) is 2. The Balaban J connectivity index is -0.000000286. The molecular weight excluding hydrogens is 865 g/mol. The van der Waals surface area contributed by atoms with Crippen LogP contribution >= 0.6 is 0 Å². The second kappa shape index (κ2) is 47.0. The maximum Gasteiger partial charge on any atom is 0.414 e. The molecule has 0 aromatic rings. The Kier molecular flexibility index (Phi) is 51.5. The third-order valence-electron chi connectivity index (χ3n) is 11.4. The van der Waals surface area contributed by atoms with Gasteiger partial charge in [0.2, 0.25) is 5.91 Å². The highest BCUT2D eigenvalue weighted by molar-refractivity contribution is 6.27. The molecule has 14 heteroatoms. The van der Waals surface area contributed by atoms with Crippen LogP contribution in [0.5, 0.6) is 0 Å². The molecule has 0 aromatic carbocycles. The van der Waals surface area contributed by atoms with E-state index in [1.165, 1.54) is 186 Å². The van der Waals surface area contributed by atoms with Crippen molar-refractivity contribution < 1.29 is 49.8 Å². The number of carbonyl (C=O) groups is 4. The highest BCUT2D eigenvalue weighted by atomic mass is 16.5. The lowest BCUT2D eigenvalue weighted by Gasteiger charge is -2.37. The molecule has 0 amide bonds. The number of hydrogen-bond acceptors (Lipinski definition) is 10. The lowest BCUT2D eigenvalue weighted by atomic mass is 9.94. The van der Waals surface area contributed by atoms with Crippen molar-refractivity contribution in [3.8, 4) is 0 Å². The zero-order valence-corrected chi connectivity index (χ0v) is 46.3. The molecule has 0 radical (unpaired) electrons. The average Bonchev–Trinajstić information content (AvgIpc) is 3.21. The van der Waals surface area contributed by atoms with Crippen molar-refractivity contribution >= 4 is 23.9 Å². The van der Waals surface area contributed by atoms with Crippen LogP contribution in [-0.4, -0.2) is 89.1 Å². The van der Waals surface area contributed by atoms with Gasteiger partial charge in [0, 0.05) is 22.2 Å². The Hall–Kier alpha value is -2.36. The van der Waals surface area contributed by atoms with Crippen LogP contribution in [0.15, 0.2) is 0 Å². The van der Waals surface area contributed by atoms with E-state index in [0.29, 0.717) is 0 Å². The lowest BCUT2D eigenvalue weighted by molar-refractivity contribution is -0.197. The van der Waals surface area contributed by atoms with Crippen molar-refractivity contribution in [3.05, 3.63) is 0 Å². The van der Waals surface area contributed by atoms with Crippen LogP contribution in [0, 0.1) is 0 Å². The summed E-state index contributed by atoms with van der Waals surface area (Å²) in [6.07, 6.45) is 41.7. The predicted molar refractivity (Wildman–Crippen MR) is 284 cm³/mol. The highest BCUT2D eigenvalue weighted by Gasteiger charge is 2.32. The molecule has 68 heavy (non-hydrogen) atoms. The van der Waals surface area contributed by atoms with Gasteiger partial charge in [-0.2, -0.15) is 0 Å². The normalized spacial score (nSPS) is 11.7. The third kappa shape index (κ3) is 72.6. The van der Waals surface area contributed by atoms with Crippen LogP contribution in [0.25, 0.3) is 0 Å². The quantitative estimate of drug-likeness (QED) is 0.0158. The number of unbranched alkanes of at least 4 members (excludes halogenated alkanes) is 24. The Bertz CT molecular complexity index is 1090. The van der Waals surface area contributed by atoms with Gasteiger partial charge >= 0.3 is 23.9 Å². The third-order valence-corrected chi connectivity index (χ3v) is 11.4. The minimum atomic E-state index is -1.89. The Labute approximate surface area is 417 Å². The van der Waals surface area contributed by atoms with Crippen molar-refractivity contribution in [3.63, 3.8) is 0 Å². The van der Waals surface area contributed by atoms with E-state index in [9.17, 15) is 10.2 Å². The number of aliphatic carboxylic acids is 4. The van der Waals surface area contributed by atoms with E-state index in [1.54, 1.807) is 0 Å². The van der Waals surface area contributed by atoms with Gasteiger partial charge in [-0.05, 0) is 81.1 Å². The molecule has 0 rings (SSSR count). The Morgan fingerprint density at radius 2 is 0.559 bits per heavy atom. The summed E-state index contributed by atoms with van der Waals surface area (Å²) in [5.74, 6) is -9.18. The largest absolute Gasteiger partial charge is 0.473 e. The first-order chi connectivity index (χ1) is 31.4. The highest BCUT2D eigenvalue weighted by Crippen LogP contribution is 2.20. The van der Waals surface area contributed by atoms with E-state index in [4.69, 9.17) is 51.1 Å². The number of β-amino-alcohol motifs (C(OH)–C–C–N with tert-alkyl or cyclic N) is 2. The van der Waals surface area contributed by atoms with Crippen LogP contribution < -0.4 is 22.1 Å². The van der Waals surface area contributed by atoms with Crippen molar-refractivity contribution in [2.45, 2.75) is 317 Å². The van der Waals surface area contributed by atoms with Gasteiger partial charge in [0.25, 0.3) is 0 Å². The van der Waals surface area contributed by atoms with E-state index in [-0.39, 0.29) is 28.7 Å². The molecule has 0 fully saturated rings. The maximum absolute atomic E-state index is 10.5. The smallest absolute Gasteiger partial charge is 0.414 e. The number of carboxylic acids is 4. The topological polar surface area (TPSA) is 266 Å². The number of hydrogen-bond donors (Lipinski definition) is 10. The summed E-state index contributed by atoms with van der Waals surface area (Å²) in [7, 11) is 0. The first-order valence-corrected chi connectivity index (χ1v) is 26.9. The van der Waals surface area contributed by atoms with Gasteiger partial charge in [-0.25, -0.2) is 19.2 Å². The fraction of sp³-hybridized carbons (Fsp3) is 0.926. The van der Waals surface area contributed by atoms with Gasteiger partial charge in [0.05, 0.1) is 6.54 Å². The molecule has 0 unspecified atom stereocenters. The molecule has 0 aliphatic rings. The van der Waals surface area contributed by atoms with Crippen LogP contribution in [0.4, 0.5) is 0 Å². The van der Waals surface area contributed by atoms with Crippen molar-refractivity contribution in [1.82, 2.24) is 10.6 Å². The van der Waals surface area contributed by atoms with Gasteiger partial charge in [0.1, 0.15) is 0 Å². The molecular formula is C54H114N4O10. The summed E-state index contributed by atoms with van der Waals surface area (Å²) in [5.41, 5.74) is 11.5. The van der Waals surface area contributed by atoms with Crippen LogP contribution in [0.1, 0.15) is 289 Å². The van der Waals surface area contributed by atoms with Gasteiger partial charge in [0.15, 0.2) is 0 Å². The van der Waals surface area contributed by atoms with E-state index >= 15 is 0 Å². The molecule has 0 saturated heterocycles. The molecule has 0 atom stereocenters. The van der Waals surface area contributed by atoms with E-state index in [2.05, 4.69) is 93.7 Å². The number of aliphatic hydroxyl groups is 2. The summed E-state index contributed by atoms with van der Waals surface area (Å²) >= 11 is 0. The average molecular weight is 980 g/mol. The van der Waals surface area contributed by atoms with Crippen molar-refractivity contribution in [1.29, 1.82) is 0 Å². The molecule has 0 saturated carbocycles. The van der Waals surface area contributed by atoms with Gasteiger partial charge in [-0.3, -0.25) is 5.32 Å². The summed E-state index contributed by atoms with van der Waals surface area (Å²) < 4.78 is 0. The van der Waals surface area contributed by atoms with Crippen LogP contribution in [-0.2, 0) is 19.2 Å². The number of rotatable bonds is 37. The molecule has 12 N–H and O–H groups in total. The van der Waals surface area contributed by atoms with Crippen molar-refractivity contribution in [2.75, 3.05) is 6.54 Å². The fourth-order valence-electron chi connectivity index (χ4n) is 7.22. The minimum absolute atomic E-state index is 0.0451. The Morgan fingerprint density at radius 3 is 0.779 bits per heavy atom. The van der Waals surface area contributed by atoms with E-state index in [1.807, 2.05) is 0 Å². The SMILES string of the molecule is CCCCCCCCCC(C)(C)N.CCCCCCCCCC(C)(C)N.CCCCCCCCCC(C)(C)NCC(O)(O)NC(C)(C)CCCCCCCCC.O=C(O)C(=O)O.O=C(O)C(=O)O. The zero-order valence-electron chi connectivity index (χ0n) is 46.3. The first-order valence-electron chi connectivity index (χ1n) is 26.9. The molecule has 14 nitrogen and oxygen atoms in total. The second-order valence-corrected chi connectivity index (χ2v) is 21.7. The van der Waals surface area contributed by atoms with E-state index in [0.717, 1.165) is 19.3 Å². The van der Waals surface area contributed by atoms with E-state index < -0.39 is 29.8 Å². The van der Waals surface area contributed by atoms with Gasteiger partial charge in [-0.15, -0.1) is 0 Å². The summed E-state index contributed by atoms with van der Waals surface area (Å²) in [5, 5.41) is 57.0. The Morgan fingerprint density at radius 1 is 0.353 bits per heavy atom. The minimum Gasteiger partial charge on any atom is -0.473 e. The molecule has 0 aromatic heterocycles. The standard InChI is InChI=1S/C26H56N2O2.2C12H27N.2C2H2O4/c1-7-9-11-13-15-17-19-21-24(3,4)27-23-26(29,30)28-25(5,6)22-20-18-16-14-12-10-8-2;2*1-4-5-6-7-8-9-10-11-12(2,3)13;2*3-1(4)2(5)6/h27-30H,7-23H2,1-6H3;2*4-11,13H2,1-3H3;2*(H,3,4)(H,5,6). The summed E-state index contributed by atoms with van der Waals surface area (Å²) in [4.78, 5) is 36.4. The fourth-order valence-corrected chi connectivity index (χ4v) is 7.22. The van der Waals surface area contributed by atoms with Gasteiger partial charge in [-0.1, -0.05) is 207 Å². The summed E-state index contributed by atoms with van der Waals surface area (Å²) in [6.45, 7) is 26.1. The molecule has 0 aliphatic carbocycles. The monoisotopic (exact) mass is 979 g/mol. The molecule has 0 heterocycles. The summed E-state index contributed by atoms with van der Waals surface area (Å²) in [6, 6.07) is 0. The molecule has 410 valence electrons. The first kappa shape index (κ1) is 74.6. The lowest BCUT2D eigenvalue weighted by Crippen LogP contribution is -2.62. The number of nitrogens with one attached hydrogen (secondary N) is 2. The molecule has 0 bridgehead atoms. The van der Waals surface area contributed by atoms with Crippen LogP contribution in [0.2, 0.25) is 0 Å². The van der Waals surface area contributed by atoms with Crippen LogP contribution in [0.3, 0.4) is 0 Å². The molecule has 0 aliphatic heterocycles. The van der Waals surface area contributed by atoms with Crippen molar-refractivity contribution in [2.24, 2.45) is 11.5 Å².